The lowest BCUT2D eigenvalue weighted by Crippen LogP contribution is -2.24. The van der Waals surface area contributed by atoms with Crippen molar-refractivity contribution >= 4 is 22.6 Å². The summed E-state index contributed by atoms with van der Waals surface area (Å²) in [5, 5.41) is 0. The van der Waals surface area contributed by atoms with Gasteiger partial charge in [-0.2, -0.15) is 0 Å². The van der Waals surface area contributed by atoms with Crippen molar-refractivity contribution in [1.82, 2.24) is 9.55 Å². The number of ether oxygens (including phenoxy) is 2. The number of aryl methyl sites for hydroxylation is 2. The van der Waals surface area contributed by atoms with E-state index in [1.54, 1.807) is 0 Å². The summed E-state index contributed by atoms with van der Waals surface area (Å²) in [5.74, 6) is 2.79. The average molecular weight is 470 g/mol. The highest BCUT2D eigenvalue weighted by Crippen LogP contribution is 2.34. The number of imidazole rings is 1. The van der Waals surface area contributed by atoms with E-state index < -0.39 is 0 Å². The second kappa shape index (κ2) is 9.82. The maximum Gasteiger partial charge on any atom is 0.227 e. The van der Waals surface area contributed by atoms with E-state index in [0.29, 0.717) is 32.7 Å². The summed E-state index contributed by atoms with van der Waals surface area (Å²) in [6.07, 6.45) is 0.439. The van der Waals surface area contributed by atoms with Crippen molar-refractivity contribution in [1.29, 1.82) is 0 Å². The van der Waals surface area contributed by atoms with Gasteiger partial charge in [-0.3, -0.25) is 4.79 Å². The molecule has 1 unspecified atom stereocenters. The number of carbonyl (C=O) groups excluding carboxylic acids is 1. The van der Waals surface area contributed by atoms with E-state index in [-0.39, 0.29) is 11.8 Å². The first kappa shape index (κ1) is 23.0. The van der Waals surface area contributed by atoms with E-state index in [2.05, 4.69) is 42.7 Å². The Balaban J connectivity index is 1.37. The van der Waals surface area contributed by atoms with Crippen LogP contribution in [0.1, 0.15) is 36.2 Å². The molecule has 35 heavy (non-hydrogen) atoms. The number of carbonyl (C=O) groups is 1. The Morgan fingerprint density at radius 2 is 1.80 bits per heavy atom. The van der Waals surface area contributed by atoms with Crippen molar-refractivity contribution in [3.8, 4) is 11.5 Å². The van der Waals surface area contributed by atoms with Crippen LogP contribution in [0.5, 0.6) is 11.5 Å². The smallest absolute Gasteiger partial charge is 0.227 e. The van der Waals surface area contributed by atoms with Gasteiger partial charge in [0.2, 0.25) is 5.91 Å². The first-order chi connectivity index (χ1) is 17.0. The van der Waals surface area contributed by atoms with Crippen LogP contribution >= 0.6 is 0 Å². The summed E-state index contributed by atoms with van der Waals surface area (Å²) in [4.78, 5) is 19.8. The van der Waals surface area contributed by atoms with Crippen molar-refractivity contribution in [2.45, 2.75) is 39.7 Å². The van der Waals surface area contributed by atoms with E-state index in [9.17, 15) is 4.79 Å². The SMILES string of the molecule is CCOc1ccc(N2CC(c3nc4ccccc4n3CCOc3cc(C)ccc3C)CC2=O)cc1. The Morgan fingerprint density at radius 3 is 2.60 bits per heavy atom. The minimum absolute atomic E-state index is 0.0159. The highest BCUT2D eigenvalue weighted by atomic mass is 16.5. The second-order valence-corrected chi connectivity index (χ2v) is 9.06. The molecule has 0 radical (unpaired) electrons. The third-order valence-corrected chi connectivity index (χ3v) is 6.55. The molecule has 2 heterocycles. The van der Waals surface area contributed by atoms with Gasteiger partial charge in [-0.25, -0.2) is 4.98 Å². The lowest BCUT2D eigenvalue weighted by atomic mass is 10.1. The van der Waals surface area contributed by atoms with Gasteiger partial charge in [0.15, 0.2) is 0 Å². The number of nitrogens with zero attached hydrogens (tertiary/aromatic N) is 3. The normalized spacial score (nSPS) is 15.7. The van der Waals surface area contributed by atoms with E-state index in [0.717, 1.165) is 39.6 Å². The van der Waals surface area contributed by atoms with Crippen LogP contribution in [0.25, 0.3) is 11.0 Å². The van der Waals surface area contributed by atoms with E-state index in [4.69, 9.17) is 14.5 Å². The number of fused-ring (bicyclic) bond motifs is 1. The largest absolute Gasteiger partial charge is 0.494 e. The predicted molar refractivity (Wildman–Crippen MR) is 138 cm³/mol. The van der Waals surface area contributed by atoms with Crippen LogP contribution < -0.4 is 14.4 Å². The molecule has 3 aromatic carbocycles. The van der Waals surface area contributed by atoms with Gasteiger partial charge in [-0.15, -0.1) is 0 Å². The first-order valence-corrected chi connectivity index (χ1v) is 12.2. The van der Waals surface area contributed by atoms with Gasteiger partial charge in [-0.1, -0.05) is 24.3 Å². The number of aromatic nitrogens is 2. The van der Waals surface area contributed by atoms with Crippen LogP contribution in [0.15, 0.2) is 66.7 Å². The molecule has 4 aromatic rings. The van der Waals surface area contributed by atoms with E-state index in [1.165, 1.54) is 5.56 Å². The zero-order valence-electron chi connectivity index (χ0n) is 20.5. The first-order valence-electron chi connectivity index (χ1n) is 12.2. The Labute approximate surface area is 206 Å². The highest BCUT2D eigenvalue weighted by Gasteiger charge is 2.34. The van der Waals surface area contributed by atoms with Crippen LogP contribution in [-0.4, -0.2) is 35.2 Å². The third kappa shape index (κ3) is 4.74. The van der Waals surface area contributed by atoms with Gasteiger partial charge in [0.25, 0.3) is 0 Å². The van der Waals surface area contributed by atoms with Gasteiger partial charge >= 0.3 is 0 Å². The quantitative estimate of drug-likeness (QED) is 0.335. The van der Waals surface area contributed by atoms with Crippen LogP contribution in [0.4, 0.5) is 5.69 Å². The molecule has 6 heteroatoms. The second-order valence-electron chi connectivity index (χ2n) is 9.06. The Hall–Kier alpha value is -3.80. The molecule has 1 aliphatic heterocycles. The van der Waals surface area contributed by atoms with Gasteiger partial charge in [0.05, 0.1) is 24.2 Å². The summed E-state index contributed by atoms with van der Waals surface area (Å²) in [5.41, 5.74) is 5.21. The van der Waals surface area contributed by atoms with Gasteiger partial charge in [0.1, 0.15) is 23.9 Å². The molecule has 0 bridgehead atoms. The Morgan fingerprint density at radius 1 is 1.00 bits per heavy atom. The molecule has 6 nitrogen and oxygen atoms in total. The number of rotatable bonds is 8. The zero-order valence-corrected chi connectivity index (χ0v) is 20.5. The molecule has 1 aromatic heterocycles. The van der Waals surface area contributed by atoms with Crippen molar-refractivity contribution in [2.24, 2.45) is 0 Å². The van der Waals surface area contributed by atoms with Crippen molar-refractivity contribution in [2.75, 3.05) is 24.7 Å². The fraction of sp³-hybridized carbons (Fsp3) is 0.310. The molecule has 0 aliphatic carbocycles. The topological polar surface area (TPSA) is 56.6 Å². The van der Waals surface area contributed by atoms with Gasteiger partial charge in [-0.05, 0) is 74.4 Å². The summed E-state index contributed by atoms with van der Waals surface area (Å²) in [6.45, 7) is 8.51. The minimum atomic E-state index is 0.0159. The Bertz CT molecular complexity index is 1340. The predicted octanol–water partition coefficient (Wildman–Crippen LogP) is 5.65. The molecule has 0 spiro atoms. The maximum absolute atomic E-state index is 13.0. The number of hydrogen-bond acceptors (Lipinski definition) is 4. The fourth-order valence-electron chi connectivity index (χ4n) is 4.77. The summed E-state index contributed by atoms with van der Waals surface area (Å²) < 4.78 is 13.9. The highest BCUT2D eigenvalue weighted by molar-refractivity contribution is 5.96. The molecule has 1 aliphatic rings. The molecular weight excluding hydrogens is 438 g/mol. The zero-order chi connectivity index (χ0) is 24.4. The van der Waals surface area contributed by atoms with Crippen molar-refractivity contribution in [3.63, 3.8) is 0 Å². The van der Waals surface area contributed by atoms with E-state index in [1.807, 2.05) is 54.3 Å². The van der Waals surface area contributed by atoms with Crippen LogP contribution in [0.2, 0.25) is 0 Å². The number of hydrogen-bond donors (Lipinski definition) is 0. The third-order valence-electron chi connectivity index (χ3n) is 6.55. The molecule has 1 fully saturated rings. The molecule has 0 N–H and O–H groups in total. The summed E-state index contributed by atoms with van der Waals surface area (Å²) >= 11 is 0. The van der Waals surface area contributed by atoms with Gasteiger partial charge in [0, 0.05) is 24.6 Å². The molecule has 180 valence electrons. The fourth-order valence-corrected chi connectivity index (χ4v) is 4.77. The number of anilines is 1. The molecule has 1 amide bonds. The van der Waals surface area contributed by atoms with Crippen molar-refractivity contribution in [3.05, 3.63) is 83.7 Å². The summed E-state index contributed by atoms with van der Waals surface area (Å²) in [7, 11) is 0. The average Bonchev–Trinajstić information content (AvgIpc) is 3.42. The van der Waals surface area contributed by atoms with E-state index >= 15 is 0 Å². The van der Waals surface area contributed by atoms with Crippen LogP contribution in [0, 0.1) is 13.8 Å². The number of para-hydroxylation sites is 2. The van der Waals surface area contributed by atoms with Crippen LogP contribution in [0.3, 0.4) is 0 Å². The van der Waals surface area contributed by atoms with Gasteiger partial charge < -0.3 is 18.9 Å². The minimum Gasteiger partial charge on any atom is -0.494 e. The number of amides is 1. The maximum atomic E-state index is 13.0. The standard InChI is InChI=1S/C29H31N3O3/c1-4-34-24-13-11-23(12-14-24)32-19-22(18-28(32)33)29-30-25-7-5-6-8-26(25)31(29)15-16-35-27-17-20(2)9-10-21(27)3/h5-14,17,22H,4,15-16,18-19H2,1-3H3. The number of benzene rings is 3. The van der Waals surface area contributed by atoms with Crippen molar-refractivity contribution < 1.29 is 14.3 Å². The molecule has 1 atom stereocenters. The Kier molecular flexibility index (Phi) is 6.45. The lowest BCUT2D eigenvalue weighted by Gasteiger charge is -2.18. The summed E-state index contributed by atoms with van der Waals surface area (Å²) in [6, 6.07) is 22.1. The lowest BCUT2D eigenvalue weighted by molar-refractivity contribution is -0.117. The molecule has 1 saturated heterocycles. The molecule has 5 rings (SSSR count). The monoisotopic (exact) mass is 469 g/mol. The van der Waals surface area contributed by atoms with Crippen LogP contribution in [-0.2, 0) is 11.3 Å². The molecular formula is C29H31N3O3. The molecule has 0 saturated carbocycles.